The van der Waals surface area contributed by atoms with Crippen molar-refractivity contribution in [3.05, 3.63) is 35.7 Å². The summed E-state index contributed by atoms with van der Waals surface area (Å²) in [5, 5.41) is 4.52. The Bertz CT molecular complexity index is 731. The zero-order valence-corrected chi connectivity index (χ0v) is 14.6. The lowest BCUT2D eigenvalue weighted by molar-refractivity contribution is -0.159. The van der Waals surface area contributed by atoms with Crippen LogP contribution in [0.5, 0.6) is 0 Å². The van der Waals surface area contributed by atoms with E-state index in [2.05, 4.69) is 14.7 Å². The number of hydrogen-bond acceptors (Lipinski definition) is 5. The number of alkyl halides is 3. The Morgan fingerprint density at radius 1 is 1.27 bits per heavy atom. The van der Waals surface area contributed by atoms with Crippen LogP contribution in [0.15, 0.2) is 28.8 Å². The lowest BCUT2D eigenvalue weighted by atomic mass is 10.1. The molecule has 0 N–H and O–H groups in total. The molecule has 1 heterocycles. The predicted molar refractivity (Wildman–Crippen MR) is 85.6 cm³/mol. The Labute approximate surface area is 148 Å². The average molecular weight is 372 g/mol. The van der Waals surface area contributed by atoms with Crippen molar-refractivity contribution < 1.29 is 27.3 Å². The van der Waals surface area contributed by atoms with Gasteiger partial charge in [-0.25, -0.2) is 4.79 Å². The number of carbonyl (C=O) groups excluding carboxylic acids is 1. The van der Waals surface area contributed by atoms with Crippen molar-refractivity contribution in [2.75, 3.05) is 20.7 Å². The second kappa shape index (κ2) is 8.17. The van der Waals surface area contributed by atoms with Crippen LogP contribution < -0.4 is 0 Å². The van der Waals surface area contributed by atoms with Crippen molar-refractivity contribution in [1.82, 2.24) is 20.1 Å². The summed E-state index contributed by atoms with van der Waals surface area (Å²) in [5.74, 6) is -1.56. The van der Waals surface area contributed by atoms with Crippen LogP contribution in [0, 0.1) is 0 Å². The minimum atomic E-state index is -4.69. The molecule has 0 aliphatic carbocycles. The molecule has 1 aromatic carbocycles. The maximum atomic E-state index is 12.5. The predicted octanol–water partition coefficient (Wildman–Crippen LogP) is 3.58. The van der Waals surface area contributed by atoms with Crippen molar-refractivity contribution in [3.63, 3.8) is 0 Å². The molecule has 1 aromatic heterocycles. The maximum Gasteiger partial charge on any atom is 0.471 e. The van der Waals surface area contributed by atoms with Gasteiger partial charge in [0.05, 0.1) is 13.7 Å². The quantitative estimate of drug-likeness (QED) is 0.725. The van der Waals surface area contributed by atoms with Gasteiger partial charge in [0.15, 0.2) is 0 Å². The van der Waals surface area contributed by atoms with Gasteiger partial charge in [-0.2, -0.15) is 23.2 Å². The first-order chi connectivity index (χ1) is 12.3. The average Bonchev–Trinajstić information content (AvgIpc) is 3.10. The first kappa shape index (κ1) is 19.7. The molecule has 0 atom stereocenters. The van der Waals surface area contributed by atoms with Crippen molar-refractivity contribution >= 4 is 6.03 Å². The van der Waals surface area contributed by atoms with Gasteiger partial charge in [-0.3, -0.25) is 4.84 Å². The molecule has 7 nitrogen and oxygen atoms in total. The SMILES string of the molecule is CCCN(C)C(=O)N(Cc1ccc(-c2noc(C(F)(F)F)n2)cc1)OC. The Hall–Kier alpha value is -2.62. The number of rotatable bonds is 6. The normalized spacial score (nSPS) is 11.5. The van der Waals surface area contributed by atoms with Crippen LogP contribution in [0.2, 0.25) is 0 Å². The highest BCUT2D eigenvalue weighted by atomic mass is 19.4. The third-order valence-corrected chi connectivity index (χ3v) is 3.53. The molecule has 0 saturated carbocycles. The topological polar surface area (TPSA) is 71.7 Å². The Balaban J connectivity index is 2.09. The molecule has 0 bridgehead atoms. The molecular formula is C16H19F3N4O3. The first-order valence-electron chi connectivity index (χ1n) is 7.83. The van der Waals surface area contributed by atoms with E-state index in [1.54, 1.807) is 31.3 Å². The molecule has 2 amide bonds. The standard InChI is InChI=1S/C16H19F3N4O3/c1-4-9-22(2)15(24)23(25-3)10-11-5-7-12(8-6-11)13-20-14(26-21-13)16(17,18)19/h5-8H,4,9-10H2,1-3H3. The summed E-state index contributed by atoms with van der Waals surface area (Å²) in [6.45, 7) is 2.74. The lowest BCUT2D eigenvalue weighted by Crippen LogP contribution is -2.40. The largest absolute Gasteiger partial charge is 0.471 e. The van der Waals surface area contributed by atoms with Gasteiger partial charge in [0, 0.05) is 19.2 Å². The zero-order valence-electron chi connectivity index (χ0n) is 14.6. The van der Waals surface area contributed by atoms with Gasteiger partial charge in [0.25, 0.3) is 0 Å². The summed E-state index contributed by atoms with van der Waals surface area (Å²) in [4.78, 5) is 22.2. The number of hydroxylamine groups is 2. The van der Waals surface area contributed by atoms with Gasteiger partial charge in [-0.15, -0.1) is 0 Å². The molecule has 142 valence electrons. The minimum absolute atomic E-state index is 0.161. The van der Waals surface area contributed by atoms with Crippen molar-refractivity contribution in [2.24, 2.45) is 0 Å². The number of benzene rings is 1. The second-order valence-electron chi connectivity index (χ2n) is 5.54. The van der Waals surface area contributed by atoms with Gasteiger partial charge >= 0.3 is 18.1 Å². The van der Waals surface area contributed by atoms with Crippen LogP contribution in [-0.2, 0) is 17.6 Å². The van der Waals surface area contributed by atoms with Gasteiger partial charge in [0.2, 0.25) is 5.82 Å². The van der Waals surface area contributed by atoms with E-state index in [-0.39, 0.29) is 18.4 Å². The third kappa shape index (κ3) is 4.72. The smallest absolute Gasteiger partial charge is 0.329 e. The fourth-order valence-electron chi connectivity index (χ4n) is 2.21. The fourth-order valence-corrected chi connectivity index (χ4v) is 2.21. The van der Waals surface area contributed by atoms with Gasteiger partial charge < -0.3 is 9.42 Å². The van der Waals surface area contributed by atoms with E-state index >= 15 is 0 Å². The highest BCUT2D eigenvalue weighted by molar-refractivity contribution is 5.73. The summed E-state index contributed by atoms with van der Waals surface area (Å²) < 4.78 is 41.7. The highest BCUT2D eigenvalue weighted by Gasteiger charge is 2.38. The lowest BCUT2D eigenvalue weighted by Gasteiger charge is -2.25. The fraction of sp³-hybridized carbons (Fsp3) is 0.438. The zero-order chi connectivity index (χ0) is 19.3. The second-order valence-corrected chi connectivity index (χ2v) is 5.54. The molecule has 0 spiro atoms. The number of nitrogens with zero attached hydrogens (tertiary/aromatic N) is 4. The maximum absolute atomic E-state index is 12.5. The molecule has 0 radical (unpaired) electrons. The summed E-state index contributed by atoms with van der Waals surface area (Å²) in [7, 11) is 3.07. The molecule has 2 aromatic rings. The molecule has 0 aliphatic rings. The molecule has 26 heavy (non-hydrogen) atoms. The van der Waals surface area contributed by atoms with Crippen molar-refractivity contribution in [3.8, 4) is 11.4 Å². The Morgan fingerprint density at radius 3 is 2.42 bits per heavy atom. The summed E-state index contributed by atoms with van der Waals surface area (Å²) >= 11 is 0. The molecule has 10 heteroatoms. The molecule has 0 fully saturated rings. The van der Waals surface area contributed by atoms with Crippen molar-refractivity contribution in [1.29, 1.82) is 0 Å². The van der Waals surface area contributed by atoms with Crippen LogP contribution in [0.25, 0.3) is 11.4 Å². The minimum Gasteiger partial charge on any atom is -0.329 e. The van der Waals surface area contributed by atoms with E-state index in [0.29, 0.717) is 12.1 Å². The number of amides is 2. The van der Waals surface area contributed by atoms with Crippen LogP contribution >= 0.6 is 0 Å². The Morgan fingerprint density at radius 2 is 1.92 bits per heavy atom. The highest BCUT2D eigenvalue weighted by Crippen LogP contribution is 2.29. The van der Waals surface area contributed by atoms with E-state index < -0.39 is 12.1 Å². The Kier molecular flexibility index (Phi) is 6.19. The number of halogens is 3. The first-order valence-corrected chi connectivity index (χ1v) is 7.83. The monoisotopic (exact) mass is 372 g/mol. The number of carbonyl (C=O) groups is 1. The summed E-state index contributed by atoms with van der Waals surface area (Å²) in [5.41, 5.74) is 1.10. The molecule has 2 rings (SSSR count). The summed E-state index contributed by atoms with van der Waals surface area (Å²) in [6.07, 6.45) is -3.87. The number of urea groups is 1. The van der Waals surface area contributed by atoms with Gasteiger partial charge in [-0.1, -0.05) is 36.3 Å². The van der Waals surface area contributed by atoms with E-state index in [0.717, 1.165) is 12.0 Å². The molecule has 0 saturated heterocycles. The number of hydrogen-bond donors (Lipinski definition) is 0. The van der Waals surface area contributed by atoms with Crippen molar-refractivity contribution in [2.45, 2.75) is 26.1 Å². The van der Waals surface area contributed by atoms with E-state index in [1.807, 2.05) is 6.92 Å². The van der Waals surface area contributed by atoms with Crippen LogP contribution in [0.1, 0.15) is 24.8 Å². The van der Waals surface area contributed by atoms with Gasteiger partial charge in [0.1, 0.15) is 0 Å². The molecule has 0 unspecified atom stereocenters. The van der Waals surface area contributed by atoms with Crippen LogP contribution in [0.3, 0.4) is 0 Å². The molecular weight excluding hydrogens is 353 g/mol. The van der Waals surface area contributed by atoms with E-state index in [1.165, 1.54) is 17.1 Å². The third-order valence-electron chi connectivity index (χ3n) is 3.53. The molecule has 0 aliphatic heterocycles. The van der Waals surface area contributed by atoms with E-state index in [9.17, 15) is 18.0 Å². The van der Waals surface area contributed by atoms with Crippen LogP contribution in [-0.4, -0.2) is 46.8 Å². The summed E-state index contributed by atoms with van der Waals surface area (Å²) in [6, 6.07) is 6.12. The number of aromatic nitrogens is 2. The van der Waals surface area contributed by atoms with Gasteiger partial charge in [-0.05, 0) is 12.0 Å². The van der Waals surface area contributed by atoms with E-state index in [4.69, 9.17) is 4.84 Å². The van der Waals surface area contributed by atoms with Crippen LogP contribution in [0.4, 0.5) is 18.0 Å².